The molecular weight excluding hydrogens is 291 g/mol. The molecule has 1 nitrogen and oxygen atoms in total. The fraction of sp³-hybridized carbons (Fsp3) is 0.200. The average molecular weight is 302 g/mol. The van der Waals surface area contributed by atoms with Crippen molar-refractivity contribution >= 4 is 0 Å². The highest BCUT2D eigenvalue weighted by Gasteiger charge is 2.36. The van der Waals surface area contributed by atoms with Crippen LogP contribution in [0.3, 0.4) is 0 Å². The maximum absolute atomic E-state index is 13.0. The summed E-state index contributed by atoms with van der Waals surface area (Å²) >= 11 is 0. The average Bonchev–Trinajstić information content (AvgIpc) is 2.37. The Balaban J connectivity index is 2.55. The van der Waals surface area contributed by atoms with Gasteiger partial charge in [-0.05, 0) is 47.9 Å². The first-order chi connectivity index (χ1) is 9.70. The van der Waals surface area contributed by atoms with Gasteiger partial charge in [0.25, 0.3) is 0 Å². The van der Waals surface area contributed by atoms with Crippen molar-refractivity contribution in [1.29, 1.82) is 0 Å². The summed E-state index contributed by atoms with van der Waals surface area (Å²) in [5.74, 6) is -1.60. The molecule has 2 rings (SSSR count). The van der Waals surface area contributed by atoms with E-state index in [1.165, 1.54) is 13.0 Å². The van der Waals surface area contributed by atoms with Gasteiger partial charge in [0.05, 0.1) is 5.56 Å². The third-order valence-electron chi connectivity index (χ3n) is 3.14. The van der Waals surface area contributed by atoms with E-state index in [-0.39, 0.29) is 5.56 Å². The minimum Gasteiger partial charge on any atom is -0.384 e. The van der Waals surface area contributed by atoms with Crippen LogP contribution in [0.1, 0.15) is 28.4 Å². The summed E-state index contributed by atoms with van der Waals surface area (Å²) in [5.41, 5.74) is -1.29. The van der Waals surface area contributed by atoms with Crippen molar-refractivity contribution in [3.8, 4) is 0 Å². The summed E-state index contributed by atoms with van der Waals surface area (Å²) in [6.45, 7) is 1.47. The molecule has 2 aromatic rings. The van der Waals surface area contributed by atoms with Gasteiger partial charge in [-0.2, -0.15) is 13.2 Å². The Morgan fingerprint density at radius 2 is 1.43 bits per heavy atom. The van der Waals surface area contributed by atoms with E-state index in [0.29, 0.717) is 11.6 Å². The van der Waals surface area contributed by atoms with Crippen molar-refractivity contribution in [3.05, 3.63) is 70.3 Å². The number of benzene rings is 2. The number of alkyl halides is 3. The van der Waals surface area contributed by atoms with Crippen molar-refractivity contribution in [2.45, 2.75) is 19.2 Å². The molecule has 112 valence electrons. The first-order valence-corrected chi connectivity index (χ1v) is 6.01. The molecule has 1 unspecified atom stereocenters. The second-order valence-electron chi connectivity index (χ2n) is 4.63. The molecule has 21 heavy (non-hydrogen) atoms. The highest BCUT2D eigenvalue weighted by Crippen LogP contribution is 2.37. The van der Waals surface area contributed by atoms with Crippen molar-refractivity contribution in [1.82, 2.24) is 0 Å². The molecule has 2 aromatic carbocycles. The number of hydrogen-bond acceptors (Lipinski definition) is 1. The zero-order chi connectivity index (χ0) is 15.8. The molecule has 0 heterocycles. The smallest absolute Gasteiger partial charge is 0.384 e. The topological polar surface area (TPSA) is 20.2 Å². The molecule has 0 aliphatic heterocycles. The highest BCUT2D eigenvalue weighted by molar-refractivity contribution is 5.40. The molecule has 0 radical (unpaired) electrons. The van der Waals surface area contributed by atoms with Gasteiger partial charge in [0.1, 0.15) is 17.7 Å². The molecule has 1 atom stereocenters. The largest absolute Gasteiger partial charge is 0.416 e. The Morgan fingerprint density at radius 1 is 0.905 bits per heavy atom. The molecule has 0 saturated heterocycles. The van der Waals surface area contributed by atoms with Gasteiger partial charge in [0.2, 0.25) is 0 Å². The van der Waals surface area contributed by atoms with Crippen LogP contribution in [0.15, 0.2) is 36.4 Å². The normalized spacial score (nSPS) is 13.3. The summed E-state index contributed by atoms with van der Waals surface area (Å²) in [6, 6.07) is 5.41. The third kappa shape index (κ3) is 3.21. The van der Waals surface area contributed by atoms with Gasteiger partial charge < -0.3 is 5.11 Å². The lowest BCUT2D eigenvalue weighted by molar-refractivity contribution is -0.139. The Kier molecular flexibility index (Phi) is 4.00. The second-order valence-corrected chi connectivity index (χ2v) is 4.63. The lowest BCUT2D eigenvalue weighted by Gasteiger charge is -2.19. The highest BCUT2D eigenvalue weighted by atomic mass is 19.4. The van der Waals surface area contributed by atoms with Crippen LogP contribution in [0.5, 0.6) is 0 Å². The molecular formula is C15H11F5O. The molecule has 0 aliphatic carbocycles. The lowest BCUT2D eigenvalue weighted by Crippen LogP contribution is -2.14. The zero-order valence-electron chi connectivity index (χ0n) is 10.9. The van der Waals surface area contributed by atoms with Crippen LogP contribution in [0.4, 0.5) is 22.0 Å². The molecule has 0 aliphatic rings. The van der Waals surface area contributed by atoms with Crippen LogP contribution in [-0.4, -0.2) is 5.11 Å². The van der Waals surface area contributed by atoms with Crippen LogP contribution in [0.25, 0.3) is 0 Å². The van der Waals surface area contributed by atoms with Crippen molar-refractivity contribution in [2.75, 3.05) is 0 Å². The summed E-state index contributed by atoms with van der Waals surface area (Å²) in [6.07, 6.45) is -6.42. The number of aliphatic hydroxyl groups excluding tert-OH is 1. The number of aliphatic hydroxyl groups is 1. The van der Waals surface area contributed by atoms with Gasteiger partial charge in [0.15, 0.2) is 0 Å². The zero-order valence-corrected chi connectivity index (χ0v) is 10.9. The van der Waals surface area contributed by atoms with Gasteiger partial charge in [-0.25, -0.2) is 8.78 Å². The van der Waals surface area contributed by atoms with E-state index in [2.05, 4.69) is 0 Å². The van der Waals surface area contributed by atoms with Crippen LogP contribution >= 0.6 is 0 Å². The van der Waals surface area contributed by atoms with Crippen LogP contribution < -0.4 is 0 Å². The van der Waals surface area contributed by atoms with Gasteiger partial charge >= 0.3 is 6.18 Å². The Bertz CT molecular complexity index is 664. The Morgan fingerprint density at radius 3 is 1.95 bits per heavy atom. The van der Waals surface area contributed by atoms with Crippen molar-refractivity contribution < 1.29 is 27.1 Å². The summed E-state index contributed by atoms with van der Waals surface area (Å²) in [7, 11) is 0. The quantitative estimate of drug-likeness (QED) is 0.817. The predicted molar refractivity (Wildman–Crippen MR) is 66.6 cm³/mol. The van der Waals surface area contributed by atoms with Gasteiger partial charge in [-0.3, -0.25) is 0 Å². The van der Waals surface area contributed by atoms with E-state index in [9.17, 15) is 27.1 Å². The maximum Gasteiger partial charge on any atom is 0.416 e. The molecule has 0 aromatic heterocycles. The molecule has 6 heteroatoms. The van der Waals surface area contributed by atoms with E-state index in [0.717, 1.165) is 24.3 Å². The molecule has 0 spiro atoms. The number of hydrogen-bond donors (Lipinski definition) is 1. The standard InChI is InChI=1S/C15H11F5O/c1-8-6-9(16)2-4-11(8)14(21)12-5-3-10(17)7-13(12)15(18,19)20/h2-7,14,21H,1H3. The monoisotopic (exact) mass is 302 g/mol. The maximum atomic E-state index is 13.0. The first kappa shape index (κ1) is 15.4. The number of aryl methyl sites for hydroxylation is 1. The Labute approximate surface area is 117 Å². The molecule has 0 bridgehead atoms. The molecule has 1 N–H and O–H groups in total. The Hall–Kier alpha value is -1.95. The van der Waals surface area contributed by atoms with Crippen LogP contribution in [0.2, 0.25) is 0 Å². The van der Waals surface area contributed by atoms with Crippen molar-refractivity contribution in [3.63, 3.8) is 0 Å². The van der Waals surface area contributed by atoms with E-state index in [1.54, 1.807) is 0 Å². The minimum atomic E-state index is -4.80. The summed E-state index contributed by atoms with van der Waals surface area (Å²) in [5, 5.41) is 10.2. The lowest BCUT2D eigenvalue weighted by atomic mass is 9.93. The van der Waals surface area contributed by atoms with Gasteiger partial charge in [-0.15, -0.1) is 0 Å². The number of rotatable bonds is 2. The third-order valence-corrected chi connectivity index (χ3v) is 3.14. The first-order valence-electron chi connectivity index (χ1n) is 6.01. The molecule has 0 amide bonds. The molecule has 0 fully saturated rings. The predicted octanol–water partition coefficient (Wildman–Crippen LogP) is 4.37. The fourth-order valence-corrected chi connectivity index (χ4v) is 2.13. The number of halogens is 5. The van der Waals surface area contributed by atoms with E-state index in [1.807, 2.05) is 0 Å². The van der Waals surface area contributed by atoms with Gasteiger partial charge in [0, 0.05) is 0 Å². The van der Waals surface area contributed by atoms with Crippen LogP contribution in [0, 0.1) is 18.6 Å². The second kappa shape index (κ2) is 5.44. The van der Waals surface area contributed by atoms with E-state index < -0.39 is 35.0 Å². The minimum absolute atomic E-state index is 0.133. The van der Waals surface area contributed by atoms with Crippen LogP contribution in [-0.2, 0) is 6.18 Å². The van der Waals surface area contributed by atoms with E-state index >= 15 is 0 Å². The van der Waals surface area contributed by atoms with E-state index in [4.69, 9.17) is 0 Å². The summed E-state index contributed by atoms with van der Waals surface area (Å²) < 4.78 is 64.9. The summed E-state index contributed by atoms with van der Waals surface area (Å²) in [4.78, 5) is 0. The van der Waals surface area contributed by atoms with Gasteiger partial charge in [-0.1, -0.05) is 12.1 Å². The fourth-order valence-electron chi connectivity index (χ4n) is 2.13. The SMILES string of the molecule is Cc1cc(F)ccc1C(O)c1ccc(F)cc1C(F)(F)F. The molecule has 0 saturated carbocycles. The van der Waals surface area contributed by atoms with Crippen molar-refractivity contribution in [2.24, 2.45) is 0 Å².